The average Bonchev–Trinajstić information content (AvgIpc) is 3.57. The summed E-state index contributed by atoms with van der Waals surface area (Å²) in [6.07, 6.45) is 3.85. The monoisotopic (exact) mass is 416 g/mol. The number of rotatable bonds is 7. The first-order valence-corrected chi connectivity index (χ1v) is 11.4. The van der Waals surface area contributed by atoms with E-state index in [-0.39, 0.29) is 11.3 Å². The first-order chi connectivity index (χ1) is 14.0. The second-order valence-corrected chi connectivity index (χ2v) is 9.87. The van der Waals surface area contributed by atoms with Gasteiger partial charge in [-0.3, -0.25) is 4.21 Å². The van der Waals surface area contributed by atoms with Crippen LogP contribution < -0.4 is 16.0 Å². The van der Waals surface area contributed by atoms with Crippen LogP contribution in [-0.4, -0.2) is 62.0 Å². The van der Waals surface area contributed by atoms with Gasteiger partial charge in [-0.25, -0.2) is 15.0 Å². The molecule has 0 amide bonds. The SMILES string of the molecule is C[C@@H]1COCCN1c1cc(NC[C@@H](C)S(=O)C2CC2)nc(-c2ccc(N)nc2)n1. The molecule has 0 aromatic carbocycles. The van der Waals surface area contributed by atoms with E-state index in [9.17, 15) is 4.21 Å². The Balaban J connectivity index is 1.60. The summed E-state index contributed by atoms with van der Waals surface area (Å²) in [6, 6.07) is 5.81. The number of hydrogen-bond donors (Lipinski definition) is 2. The number of nitrogen functional groups attached to an aromatic ring is 1. The van der Waals surface area contributed by atoms with Gasteiger partial charge < -0.3 is 20.7 Å². The van der Waals surface area contributed by atoms with Crippen LogP contribution in [0.15, 0.2) is 24.4 Å². The van der Waals surface area contributed by atoms with Crippen molar-refractivity contribution in [3.63, 3.8) is 0 Å². The number of hydrogen-bond acceptors (Lipinski definition) is 8. The minimum Gasteiger partial charge on any atom is -0.384 e. The van der Waals surface area contributed by atoms with Gasteiger partial charge in [0, 0.05) is 52.2 Å². The van der Waals surface area contributed by atoms with Gasteiger partial charge in [0.05, 0.1) is 19.3 Å². The topological polar surface area (TPSA) is 106 Å². The Bertz CT molecular complexity index is 874. The van der Waals surface area contributed by atoms with Crippen LogP contribution >= 0.6 is 0 Å². The molecule has 2 aromatic heterocycles. The zero-order valence-corrected chi connectivity index (χ0v) is 17.7. The summed E-state index contributed by atoms with van der Waals surface area (Å²) in [5.41, 5.74) is 6.53. The molecular weight excluding hydrogens is 388 g/mol. The van der Waals surface area contributed by atoms with Gasteiger partial charge in [-0.2, -0.15) is 0 Å². The van der Waals surface area contributed by atoms with E-state index in [1.807, 2.05) is 19.1 Å². The summed E-state index contributed by atoms with van der Waals surface area (Å²) in [6.45, 7) is 6.88. The second-order valence-electron chi connectivity index (χ2n) is 7.74. The lowest BCUT2D eigenvalue weighted by Crippen LogP contribution is -2.44. The van der Waals surface area contributed by atoms with Crippen LogP contribution in [0.1, 0.15) is 26.7 Å². The molecule has 0 radical (unpaired) electrons. The number of aromatic nitrogens is 3. The minimum absolute atomic E-state index is 0.0739. The van der Waals surface area contributed by atoms with E-state index in [0.717, 1.165) is 36.6 Å². The largest absolute Gasteiger partial charge is 0.384 e. The van der Waals surface area contributed by atoms with Gasteiger partial charge in [-0.05, 0) is 38.8 Å². The van der Waals surface area contributed by atoms with Gasteiger partial charge in [-0.15, -0.1) is 0 Å². The summed E-state index contributed by atoms with van der Waals surface area (Å²) in [4.78, 5) is 15.9. The molecule has 1 unspecified atom stereocenters. The van der Waals surface area contributed by atoms with E-state index in [4.69, 9.17) is 15.5 Å². The molecule has 3 heterocycles. The van der Waals surface area contributed by atoms with Crippen LogP contribution in [0.3, 0.4) is 0 Å². The number of nitrogens with two attached hydrogens (primary N) is 1. The van der Waals surface area contributed by atoms with E-state index in [1.165, 1.54) is 0 Å². The minimum atomic E-state index is -0.795. The average molecular weight is 417 g/mol. The highest BCUT2D eigenvalue weighted by Gasteiger charge is 2.31. The predicted octanol–water partition coefficient (Wildman–Crippen LogP) is 2.06. The Morgan fingerprint density at radius 1 is 1.38 bits per heavy atom. The number of anilines is 3. The van der Waals surface area contributed by atoms with E-state index in [2.05, 4.69) is 27.1 Å². The highest BCUT2D eigenvalue weighted by molar-refractivity contribution is 7.86. The van der Waals surface area contributed by atoms with E-state index >= 15 is 0 Å². The smallest absolute Gasteiger partial charge is 0.165 e. The highest BCUT2D eigenvalue weighted by Crippen LogP contribution is 2.29. The Hall–Kier alpha value is -2.26. The van der Waals surface area contributed by atoms with Crippen LogP contribution in [0, 0.1) is 0 Å². The number of morpholine rings is 1. The third kappa shape index (κ3) is 4.84. The third-order valence-electron chi connectivity index (χ3n) is 5.24. The molecule has 1 aliphatic heterocycles. The Labute approximate surface area is 173 Å². The van der Waals surface area contributed by atoms with Crippen LogP contribution in [-0.2, 0) is 15.5 Å². The van der Waals surface area contributed by atoms with E-state index in [1.54, 1.807) is 12.3 Å². The first kappa shape index (κ1) is 20.0. The lowest BCUT2D eigenvalue weighted by atomic mass is 10.2. The molecule has 2 fully saturated rings. The van der Waals surface area contributed by atoms with Crippen LogP contribution in [0.2, 0.25) is 0 Å². The van der Waals surface area contributed by atoms with Gasteiger partial charge in [0.1, 0.15) is 17.5 Å². The van der Waals surface area contributed by atoms with Gasteiger partial charge >= 0.3 is 0 Å². The first-order valence-electron chi connectivity index (χ1n) is 10.1. The van der Waals surface area contributed by atoms with E-state index < -0.39 is 10.8 Å². The maximum atomic E-state index is 12.4. The third-order valence-corrected chi connectivity index (χ3v) is 7.33. The Morgan fingerprint density at radius 2 is 2.21 bits per heavy atom. The molecular formula is C20H28N6O2S. The molecule has 1 aliphatic carbocycles. The predicted molar refractivity (Wildman–Crippen MR) is 116 cm³/mol. The van der Waals surface area contributed by atoms with Gasteiger partial charge in [0.25, 0.3) is 0 Å². The van der Waals surface area contributed by atoms with Gasteiger partial charge in [-0.1, -0.05) is 0 Å². The van der Waals surface area contributed by atoms with Crippen molar-refractivity contribution in [2.24, 2.45) is 0 Å². The summed E-state index contributed by atoms with van der Waals surface area (Å²) in [5.74, 6) is 2.62. The molecule has 3 atom stereocenters. The molecule has 0 spiro atoms. The molecule has 4 rings (SSSR count). The zero-order chi connectivity index (χ0) is 20.4. The van der Waals surface area contributed by atoms with Crippen LogP contribution in [0.4, 0.5) is 17.5 Å². The van der Waals surface area contributed by atoms with Gasteiger partial charge in [0.15, 0.2) is 5.82 Å². The molecule has 1 saturated carbocycles. The quantitative estimate of drug-likeness (QED) is 0.706. The molecule has 9 heteroatoms. The number of nitrogens with one attached hydrogen (secondary N) is 1. The van der Waals surface area contributed by atoms with Gasteiger partial charge in [0.2, 0.25) is 0 Å². The summed E-state index contributed by atoms with van der Waals surface area (Å²) in [7, 11) is -0.795. The molecule has 29 heavy (non-hydrogen) atoms. The molecule has 156 valence electrons. The number of ether oxygens (including phenoxy) is 1. The Kier molecular flexibility index (Phi) is 5.96. The molecule has 0 bridgehead atoms. The van der Waals surface area contributed by atoms with Crippen molar-refractivity contribution in [3.8, 4) is 11.4 Å². The molecule has 2 aliphatic rings. The fourth-order valence-electron chi connectivity index (χ4n) is 3.37. The maximum absolute atomic E-state index is 12.4. The number of pyridine rings is 1. The fourth-order valence-corrected chi connectivity index (χ4v) is 4.87. The highest BCUT2D eigenvalue weighted by atomic mass is 32.2. The molecule has 2 aromatic rings. The van der Waals surface area contributed by atoms with Crippen molar-refractivity contribution >= 4 is 28.3 Å². The van der Waals surface area contributed by atoms with Crippen molar-refractivity contribution < 1.29 is 8.95 Å². The lowest BCUT2D eigenvalue weighted by Gasteiger charge is -2.34. The second kappa shape index (κ2) is 8.62. The maximum Gasteiger partial charge on any atom is 0.165 e. The van der Waals surface area contributed by atoms with Crippen molar-refractivity contribution in [2.45, 2.75) is 43.2 Å². The van der Waals surface area contributed by atoms with Crippen LogP contribution in [0.25, 0.3) is 11.4 Å². The Morgan fingerprint density at radius 3 is 2.90 bits per heavy atom. The fraction of sp³-hybridized carbons (Fsp3) is 0.550. The van der Waals surface area contributed by atoms with E-state index in [0.29, 0.717) is 36.7 Å². The van der Waals surface area contributed by atoms with Crippen molar-refractivity contribution in [1.29, 1.82) is 0 Å². The molecule has 3 N–H and O–H groups in total. The molecule has 8 nitrogen and oxygen atoms in total. The van der Waals surface area contributed by atoms with Crippen molar-refractivity contribution in [1.82, 2.24) is 15.0 Å². The summed E-state index contributed by atoms with van der Waals surface area (Å²) in [5, 5.41) is 3.82. The molecule has 1 saturated heterocycles. The standard InChI is InChI=1S/C20H28N6O2S/c1-13-12-28-8-7-26(13)19-9-18(23-10-14(2)29(27)16-4-5-16)24-20(25-19)15-3-6-17(21)22-11-15/h3,6,9,11,13-14,16H,4-5,7-8,10,12H2,1-2H3,(H2,21,22)(H,23,24,25)/t13-,14-,29?/m1/s1. The lowest BCUT2D eigenvalue weighted by molar-refractivity contribution is 0.0985. The van der Waals surface area contributed by atoms with Crippen LogP contribution in [0.5, 0.6) is 0 Å². The summed E-state index contributed by atoms with van der Waals surface area (Å²) < 4.78 is 18.0. The normalized spacial score (nSPS) is 21.6. The van der Waals surface area contributed by atoms with Crippen molar-refractivity contribution in [2.75, 3.05) is 42.3 Å². The number of nitrogens with zero attached hydrogens (tertiary/aromatic N) is 4. The zero-order valence-electron chi connectivity index (χ0n) is 16.9. The van der Waals surface area contributed by atoms with Crippen molar-refractivity contribution in [3.05, 3.63) is 24.4 Å². The summed E-state index contributed by atoms with van der Waals surface area (Å²) >= 11 is 0.